The summed E-state index contributed by atoms with van der Waals surface area (Å²) in [6.45, 7) is -1.46. The fraction of sp³-hybridized carbons (Fsp3) is 0.750. The van der Waals surface area contributed by atoms with Crippen LogP contribution in [0.3, 0.4) is 0 Å². The van der Waals surface area contributed by atoms with Gasteiger partial charge in [0.25, 0.3) is 0 Å². The highest BCUT2D eigenvalue weighted by Gasteiger charge is 2.06. The lowest BCUT2D eigenvalue weighted by Gasteiger charge is -2.05. The van der Waals surface area contributed by atoms with Gasteiger partial charge in [0.15, 0.2) is 0 Å². The molecule has 0 rings (SSSR count). The Morgan fingerprint density at radius 3 is 2.44 bits per heavy atom. The van der Waals surface area contributed by atoms with Gasteiger partial charge in [0, 0.05) is 0 Å². The highest BCUT2D eigenvalue weighted by molar-refractivity contribution is 5.70. The first-order valence-corrected chi connectivity index (χ1v) is 2.30. The molecule has 1 atom stereocenters. The van der Waals surface area contributed by atoms with Crippen LogP contribution in [-0.2, 0) is 9.53 Å². The third-order valence-electron chi connectivity index (χ3n) is 0.553. The Hall–Kier alpha value is -0.650. The summed E-state index contributed by atoms with van der Waals surface area (Å²) in [5.74, 6) is -0.962. The molecule has 0 radical (unpaired) electrons. The Morgan fingerprint density at radius 2 is 2.11 bits per heavy atom. The molecule has 5 heteroatoms. The maximum Gasteiger partial charge on any atom is 0.334 e. The van der Waals surface area contributed by atoms with Crippen molar-refractivity contribution in [1.82, 2.24) is 0 Å². The second kappa shape index (κ2) is 4.25. The van der Waals surface area contributed by atoms with Crippen LogP contribution < -0.4 is 0 Å². The second-order valence-corrected chi connectivity index (χ2v) is 1.29. The van der Waals surface area contributed by atoms with Crippen LogP contribution in [0.2, 0.25) is 0 Å². The topological polar surface area (TPSA) is 87.0 Å². The summed E-state index contributed by atoms with van der Waals surface area (Å²) in [5.41, 5.74) is 0. The van der Waals surface area contributed by atoms with Crippen LogP contribution in [-0.4, -0.2) is 40.8 Å². The molecular formula is C4H8O5. The lowest BCUT2D eigenvalue weighted by atomic mass is 10.6. The van der Waals surface area contributed by atoms with E-state index in [1.807, 2.05) is 0 Å². The van der Waals surface area contributed by atoms with E-state index in [-0.39, 0.29) is 0 Å². The van der Waals surface area contributed by atoms with Crippen LogP contribution in [0.25, 0.3) is 0 Å². The van der Waals surface area contributed by atoms with E-state index >= 15 is 0 Å². The summed E-state index contributed by atoms with van der Waals surface area (Å²) in [4.78, 5) is 10.0. The Bertz CT molecular complexity index is 91.0. The second-order valence-electron chi connectivity index (χ2n) is 1.29. The van der Waals surface area contributed by atoms with Crippen molar-refractivity contribution in [2.75, 3.05) is 13.2 Å². The molecule has 0 spiro atoms. The lowest BCUT2D eigenvalue weighted by Crippen LogP contribution is -2.22. The summed E-state index contributed by atoms with van der Waals surface area (Å²) in [6, 6.07) is 0. The lowest BCUT2D eigenvalue weighted by molar-refractivity contribution is -0.176. The molecule has 54 valence electrons. The van der Waals surface area contributed by atoms with E-state index in [2.05, 4.69) is 4.74 Å². The highest BCUT2D eigenvalue weighted by Crippen LogP contribution is 1.84. The van der Waals surface area contributed by atoms with Gasteiger partial charge in [-0.1, -0.05) is 0 Å². The van der Waals surface area contributed by atoms with E-state index in [1.165, 1.54) is 0 Å². The molecular weight excluding hydrogens is 128 g/mol. The Labute approximate surface area is 51.5 Å². The van der Waals surface area contributed by atoms with E-state index in [9.17, 15) is 4.79 Å². The van der Waals surface area contributed by atoms with Crippen LogP contribution in [0.15, 0.2) is 0 Å². The first-order valence-electron chi connectivity index (χ1n) is 2.30. The molecule has 0 bridgehead atoms. The van der Waals surface area contributed by atoms with Crippen molar-refractivity contribution in [3.63, 3.8) is 0 Å². The molecule has 0 aromatic carbocycles. The number of aliphatic hydroxyl groups excluding tert-OH is 3. The van der Waals surface area contributed by atoms with E-state index < -0.39 is 25.5 Å². The molecule has 3 N–H and O–H groups in total. The number of aliphatic hydroxyl groups is 3. The van der Waals surface area contributed by atoms with Crippen molar-refractivity contribution in [1.29, 1.82) is 0 Å². The maximum absolute atomic E-state index is 10.0. The average Bonchev–Trinajstić information content (AvgIpc) is 1.87. The first-order chi connectivity index (χ1) is 4.20. The summed E-state index contributed by atoms with van der Waals surface area (Å²) >= 11 is 0. The van der Waals surface area contributed by atoms with Crippen molar-refractivity contribution in [3.05, 3.63) is 0 Å². The molecule has 0 saturated heterocycles. The van der Waals surface area contributed by atoms with Crippen LogP contribution in [0.1, 0.15) is 0 Å². The first kappa shape index (κ1) is 8.35. The van der Waals surface area contributed by atoms with Gasteiger partial charge in [0.2, 0.25) is 6.29 Å². The van der Waals surface area contributed by atoms with Gasteiger partial charge >= 0.3 is 5.97 Å². The Morgan fingerprint density at radius 1 is 1.56 bits per heavy atom. The third kappa shape index (κ3) is 3.89. The van der Waals surface area contributed by atoms with Crippen molar-refractivity contribution >= 4 is 5.97 Å². The minimum absolute atomic E-state index is 0.661. The zero-order valence-electron chi connectivity index (χ0n) is 4.65. The quantitative estimate of drug-likeness (QED) is 0.303. The van der Waals surface area contributed by atoms with Crippen LogP contribution >= 0.6 is 0 Å². The predicted octanol–water partition coefficient (Wildman–Crippen LogP) is -2.17. The molecule has 0 aromatic heterocycles. The fourth-order valence-electron chi connectivity index (χ4n) is 0.226. The van der Waals surface area contributed by atoms with Gasteiger partial charge in [0.1, 0.15) is 13.2 Å². The van der Waals surface area contributed by atoms with E-state index in [0.29, 0.717) is 0 Å². The number of ether oxygens (including phenoxy) is 1. The molecule has 9 heavy (non-hydrogen) atoms. The average molecular weight is 136 g/mol. The van der Waals surface area contributed by atoms with Gasteiger partial charge < -0.3 is 20.1 Å². The van der Waals surface area contributed by atoms with Crippen molar-refractivity contribution in [2.45, 2.75) is 6.29 Å². The smallest absolute Gasteiger partial charge is 0.334 e. The molecule has 0 saturated carbocycles. The number of hydrogen-bond donors (Lipinski definition) is 3. The maximum atomic E-state index is 10.0. The summed E-state index contributed by atoms with van der Waals surface area (Å²) in [7, 11) is 0. The molecule has 1 unspecified atom stereocenters. The van der Waals surface area contributed by atoms with Crippen molar-refractivity contribution in [2.24, 2.45) is 0 Å². The minimum atomic E-state index is -1.52. The fourth-order valence-corrected chi connectivity index (χ4v) is 0.226. The SMILES string of the molecule is O=C(CO)OC(O)CO. The zero-order chi connectivity index (χ0) is 7.28. The van der Waals surface area contributed by atoms with Crippen LogP contribution in [0.5, 0.6) is 0 Å². The van der Waals surface area contributed by atoms with E-state index in [4.69, 9.17) is 15.3 Å². The number of carbonyl (C=O) groups excluding carboxylic acids is 1. The van der Waals surface area contributed by atoms with Gasteiger partial charge in [-0.15, -0.1) is 0 Å². The van der Waals surface area contributed by atoms with Crippen molar-refractivity contribution < 1.29 is 24.9 Å². The molecule has 5 nitrogen and oxygen atoms in total. The largest absolute Gasteiger partial charge is 0.432 e. The van der Waals surface area contributed by atoms with Gasteiger partial charge in [-0.05, 0) is 0 Å². The molecule has 0 aromatic rings. The number of carbonyl (C=O) groups is 1. The zero-order valence-corrected chi connectivity index (χ0v) is 4.65. The van der Waals surface area contributed by atoms with Crippen molar-refractivity contribution in [3.8, 4) is 0 Å². The third-order valence-corrected chi connectivity index (χ3v) is 0.553. The molecule has 0 aliphatic rings. The number of esters is 1. The van der Waals surface area contributed by atoms with Gasteiger partial charge in [0.05, 0.1) is 0 Å². The van der Waals surface area contributed by atoms with E-state index in [0.717, 1.165) is 0 Å². The monoisotopic (exact) mass is 136 g/mol. The molecule has 0 aliphatic carbocycles. The molecule has 0 aliphatic heterocycles. The normalized spacial score (nSPS) is 12.8. The van der Waals surface area contributed by atoms with E-state index in [1.54, 1.807) is 0 Å². The van der Waals surface area contributed by atoms with Gasteiger partial charge in [-0.3, -0.25) is 0 Å². The summed E-state index contributed by atoms with van der Waals surface area (Å²) in [5, 5.41) is 24.4. The summed E-state index contributed by atoms with van der Waals surface area (Å²) < 4.78 is 3.97. The molecule has 0 fully saturated rings. The minimum Gasteiger partial charge on any atom is -0.432 e. The number of hydrogen-bond acceptors (Lipinski definition) is 5. The van der Waals surface area contributed by atoms with Crippen LogP contribution in [0, 0.1) is 0 Å². The highest BCUT2D eigenvalue weighted by atomic mass is 16.6. The number of rotatable bonds is 3. The Kier molecular flexibility index (Phi) is 3.94. The van der Waals surface area contributed by atoms with Gasteiger partial charge in [-0.2, -0.15) is 0 Å². The molecule has 0 heterocycles. The Balaban J connectivity index is 3.34. The standard InChI is InChI=1S/C4H8O5/c5-1-3(7)9-4(8)2-6/h3,5-7H,1-2H2. The molecule has 0 amide bonds. The van der Waals surface area contributed by atoms with Gasteiger partial charge in [-0.25, -0.2) is 4.79 Å². The predicted molar refractivity (Wildman–Crippen MR) is 26.3 cm³/mol. The van der Waals surface area contributed by atoms with Crippen LogP contribution in [0.4, 0.5) is 0 Å². The summed E-state index contributed by atoms with van der Waals surface area (Å²) in [6.07, 6.45) is -1.52.